The third kappa shape index (κ3) is 2.67. The first kappa shape index (κ1) is 13.7. The molecule has 1 aromatic carbocycles. The first-order valence-electron chi connectivity index (χ1n) is 6.58. The predicted octanol–water partition coefficient (Wildman–Crippen LogP) is 4.36. The Morgan fingerprint density at radius 1 is 1.16 bits per heavy atom. The predicted molar refractivity (Wildman–Crippen MR) is 75.8 cm³/mol. The first-order valence-corrected chi connectivity index (χ1v) is 6.58. The average molecular weight is 258 g/mol. The molecule has 0 unspecified atom stereocenters. The highest BCUT2D eigenvalue weighted by atomic mass is 19.1. The smallest absolute Gasteiger partial charge is 0.156 e. The largest absolute Gasteiger partial charge is 0.295 e. The lowest BCUT2D eigenvalue weighted by molar-refractivity contribution is -0.114. The molecule has 0 heterocycles. The zero-order valence-corrected chi connectivity index (χ0v) is 11.6. The molecule has 19 heavy (non-hydrogen) atoms. The topological polar surface area (TPSA) is 17.1 Å². The van der Waals surface area contributed by atoms with Gasteiger partial charge in [-0.2, -0.15) is 0 Å². The fraction of sp³-hybridized carbons (Fsp3) is 0.353. The molecule has 0 aromatic heterocycles. The van der Waals surface area contributed by atoms with Crippen LogP contribution < -0.4 is 0 Å². The SMILES string of the molecule is CC(=O)C1=CCC(=C(C)C)[C@H](F)[C@H]1c1ccccc1. The number of allylic oxidation sites excluding steroid dienone is 4. The van der Waals surface area contributed by atoms with Gasteiger partial charge in [-0.3, -0.25) is 4.79 Å². The third-order valence-electron chi connectivity index (χ3n) is 3.71. The number of benzene rings is 1. The lowest BCUT2D eigenvalue weighted by Crippen LogP contribution is -2.26. The molecule has 0 saturated carbocycles. The molecule has 0 amide bonds. The van der Waals surface area contributed by atoms with Gasteiger partial charge < -0.3 is 0 Å². The van der Waals surface area contributed by atoms with Crippen molar-refractivity contribution in [3.63, 3.8) is 0 Å². The Morgan fingerprint density at radius 2 is 1.79 bits per heavy atom. The van der Waals surface area contributed by atoms with E-state index in [0.29, 0.717) is 12.0 Å². The second-order valence-corrected chi connectivity index (χ2v) is 5.24. The summed E-state index contributed by atoms with van der Waals surface area (Å²) in [6, 6.07) is 9.45. The summed E-state index contributed by atoms with van der Waals surface area (Å²) in [4.78, 5) is 11.8. The van der Waals surface area contributed by atoms with Gasteiger partial charge in [-0.25, -0.2) is 4.39 Å². The minimum Gasteiger partial charge on any atom is -0.295 e. The minimum absolute atomic E-state index is 0.0377. The van der Waals surface area contributed by atoms with Crippen LogP contribution in [0.1, 0.15) is 38.7 Å². The van der Waals surface area contributed by atoms with Crippen molar-refractivity contribution in [2.45, 2.75) is 39.3 Å². The average Bonchev–Trinajstić information content (AvgIpc) is 2.38. The Morgan fingerprint density at radius 3 is 2.32 bits per heavy atom. The normalized spacial score (nSPS) is 22.9. The minimum atomic E-state index is -1.10. The Labute approximate surface area is 113 Å². The quantitative estimate of drug-likeness (QED) is 0.720. The van der Waals surface area contributed by atoms with Crippen LogP contribution in [0.5, 0.6) is 0 Å². The maximum atomic E-state index is 14.8. The van der Waals surface area contributed by atoms with Gasteiger partial charge in [-0.05, 0) is 38.3 Å². The van der Waals surface area contributed by atoms with Crippen LogP contribution in [-0.4, -0.2) is 12.0 Å². The van der Waals surface area contributed by atoms with Crippen LogP contribution in [0.25, 0.3) is 0 Å². The lowest BCUT2D eigenvalue weighted by Gasteiger charge is -2.30. The Bertz CT molecular complexity index is 536. The summed E-state index contributed by atoms with van der Waals surface area (Å²) < 4.78 is 14.8. The molecule has 1 nitrogen and oxygen atoms in total. The van der Waals surface area contributed by atoms with Crippen LogP contribution >= 0.6 is 0 Å². The molecule has 0 radical (unpaired) electrons. The van der Waals surface area contributed by atoms with Crippen molar-refractivity contribution in [2.75, 3.05) is 0 Å². The number of carbonyl (C=O) groups is 1. The summed E-state index contributed by atoms with van der Waals surface area (Å²) in [7, 11) is 0. The Balaban J connectivity index is 2.52. The second-order valence-electron chi connectivity index (χ2n) is 5.24. The van der Waals surface area contributed by atoms with Crippen LogP contribution in [-0.2, 0) is 4.79 Å². The molecular formula is C17H19FO. The molecule has 2 heteroatoms. The van der Waals surface area contributed by atoms with Gasteiger partial charge in [0, 0.05) is 11.5 Å². The van der Waals surface area contributed by atoms with Crippen molar-refractivity contribution >= 4 is 5.78 Å². The van der Waals surface area contributed by atoms with E-state index in [0.717, 1.165) is 16.7 Å². The highest BCUT2D eigenvalue weighted by Crippen LogP contribution is 2.40. The van der Waals surface area contributed by atoms with E-state index < -0.39 is 12.1 Å². The number of rotatable bonds is 2. The van der Waals surface area contributed by atoms with Gasteiger partial charge in [0.05, 0.1) is 0 Å². The molecule has 0 spiro atoms. The molecule has 0 aliphatic heterocycles. The maximum absolute atomic E-state index is 14.8. The first-order chi connectivity index (χ1) is 9.02. The second kappa shape index (κ2) is 5.52. The molecule has 1 aliphatic carbocycles. The number of carbonyl (C=O) groups excluding carboxylic acids is 1. The van der Waals surface area contributed by atoms with E-state index in [2.05, 4.69) is 0 Å². The van der Waals surface area contributed by atoms with Crippen LogP contribution in [0.4, 0.5) is 4.39 Å². The summed E-state index contributed by atoms with van der Waals surface area (Å²) in [5.74, 6) is -0.498. The lowest BCUT2D eigenvalue weighted by atomic mass is 9.76. The molecule has 1 aromatic rings. The van der Waals surface area contributed by atoms with Crippen molar-refractivity contribution < 1.29 is 9.18 Å². The van der Waals surface area contributed by atoms with Crippen molar-refractivity contribution in [1.82, 2.24) is 0 Å². The third-order valence-corrected chi connectivity index (χ3v) is 3.71. The fourth-order valence-electron chi connectivity index (χ4n) is 2.67. The van der Waals surface area contributed by atoms with Gasteiger partial charge in [0.15, 0.2) is 5.78 Å². The molecule has 0 N–H and O–H groups in total. The van der Waals surface area contributed by atoms with Crippen molar-refractivity contribution in [3.8, 4) is 0 Å². The highest BCUT2D eigenvalue weighted by molar-refractivity contribution is 5.95. The van der Waals surface area contributed by atoms with Gasteiger partial charge in [0.1, 0.15) is 6.17 Å². The van der Waals surface area contributed by atoms with Crippen molar-refractivity contribution in [3.05, 3.63) is 58.7 Å². The van der Waals surface area contributed by atoms with Crippen LogP contribution in [0.15, 0.2) is 53.1 Å². The van der Waals surface area contributed by atoms with E-state index in [-0.39, 0.29) is 5.78 Å². The number of hydrogen-bond acceptors (Lipinski definition) is 1. The molecular weight excluding hydrogens is 239 g/mol. The van der Waals surface area contributed by atoms with Crippen LogP contribution in [0.2, 0.25) is 0 Å². The standard InChI is InChI=1S/C17H19FO/c1-11(2)14-9-10-15(12(3)19)16(17(14)18)13-7-5-4-6-8-13/h4-8,10,16-17H,9H2,1-3H3/t16-,17-/m0/s1. The van der Waals surface area contributed by atoms with E-state index in [1.165, 1.54) is 6.92 Å². The molecule has 100 valence electrons. The van der Waals surface area contributed by atoms with Crippen LogP contribution in [0, 0.1) is 0 Å². The number of ketones is 1. The van der Waals surface area contributed by atoms with Gasteiger partial charge in [-0.1, -0.05) is 42.0 Å². The zero-order valence-electron chi connectivity index (χ0n) is 11.6. The maximum Gasteiger partial charge on any atom is 0.156 e. The van der Waals surface area contributed by atoms with Crippen molar-refractivity contribution in [2.24, 2.45) is 0 Å². The summed E-state index contributed by atoms with van der Waals surface area (Å²) in [5.41, 5.74) is 3.28. The Hall–Kier alpha value is -1.70. The van der Waals surface area contributed by atoms with Gasteiger partial charge in [-0.15, -0.1) is 0 Å². The summed E-state index contributed by atoms with van der Waals surface area (Å²) in [6.07, 6.45) is 1.33. The number of hydrogen-bond donors (Lipinski definition) is 0. The number of Topliss-reactive ketones (excluding diaryl/α,β-unsaturated/α-hetero) is 1. The Kier molecular flexibility index (Phi) is 3.98. The zero-order chi connectivity index (χ0) is 14.0. The van der Waals surface area contributed by atoms with Gasteiger partial charge >= 0.3 is 0 Å². The van der Waals surface area contributed by atoms with Crippen molar-refractivity contribution in [1.29, 1.82) is 0 Å². The fourth-order valence-corrected chi connectivity index (χ4v) is 2.67. The molecule has 2 rings (SSSR count). The van der Waals surface area contributed by atoms with E-state index >= 15 is 0 Å². The highest BCUT2D eigenvalue weighted by Gasteiger charge is 2.34. The molecule has 1 aliphatic rings. The van der Waals surface area contributed by atoms with Crippen LogP contribution in [0.3, 0.4) is 0 Å². The molecule has 0 fully saturated rings. The summed E-state index contributed by atoms with van der Waals surface area (Å²) in [6.45, 7) is 5.37. The van der Waals surface area contributed by atoms with E-state index in [4.69, 9.17) is 0 Å². The number of alkyl halides is 1. The molecule has 0 bridgehead atoms. The van der Waals surface area contributed by atoms with Gasteiger partial charge in [0.25, 0.3) is 0 Å². The summed E-state index contributed by atoms with van der Waals surface area (Å²) in [5, 5.41) is 0. The van der Waals surface area contributed by atoms with Gasteiger partial charge in [0.2, 0.25) is 0 Å². The van der Waals surface area contributed by atoms with E-state index in [1.54, 1.807) is 0 Å². The number of halogens is 1. The van der Waals surface area contributed by atoms with E-state index in [1.807, 2.05) is 50.3 Å². The summed E-state index contributed by atoms with van der Waals surface area (Å²) >= 11 is 0. The van der Waals surface area contributed by atoms with E-state index in [9.17, 15) is 9.18 Å². The molecule has 2 atom stereocenters. The monoisotopic (exact) mass is 258 g/mol. The molecule has 0 saturated heterocycles.